The van der Waals surface area contributed by atoms with Crippen LogP contribution in [-0.2, 0) is 19.5 Å². The maximum Gasteiger partial charge on any atom is 0.259 e. The van der Waals surface area contributed by atoms with Gasteiger partial charge in [0, 0.05) is 18.4 Å². The minimum Gasteiger partial charge on any atom is -0.322 e. The molecule has 2 aromatic carbocycles. The molecule has 0 bridgehead atoms. The molecule has 31 heavy (non-hydrogen) atoms. The molecule has 0 spiro atoms. The lowest BCUT2D eigenvalue weighted by Crippen LogP contribution is -2.23. The molecule has 0 fully saturated rings. The number of hydrogen-bond donors (Lipinski definition) is 2. The number of carbonyl (C=O) groups is 1. The summed E-state index contributed by atoms with van der Waals surface area (Å²) in [7, 11) is 0. The molecule has 0 saturated carbocycles. The second-order valence-corrected chi connectivity index (χ2v) is 8.71. The van der Waals surface area contributed by atoms with Crippen LogP contribution in [0.5, 0.6) is 0 Å². The summed E-state index contributed by atoms with van der Waals surface area (Å²) in [6, 6.07) is 11.6. The van der Waals surface area contributed by atoms with Gasteiger partial charge in [-0.2, -0.15) is 5.10 Å². The molecule has 5 nitrogen and oxygen atoms in total. The molecular formula is C23H25Cl3N4O. The third-order valence-corrected chi connectivity index (χ3v) is 6.00. The number of halogens is 3. The molecule has 2 heterocycles. The van der Waals surface area contributed by atoms with Crippen molar-refractivity contribution in [2.24, 2.45) is 0 Å². The Bertz CT molecular complexity index is 1090. The van der Waals surface area contributed by atoms with E-state index >= 15 is 0 Å². The van der Waals surface area contributed by atoms with Crippen LogP contribution in [0.15, 0.2) is 42.6 Å². The van der Waals surface area contributed by atoms with Gasteiger partial charge in [-0.25, -0.2) is 0 Å². The van der Waals surface area contributed by atoms with Crippen molar-refractivity contribution in [1.29, 1.82) is 0 Å². The molecule has 0 aliphatic carbocycles. The van der Waals surface area contributed by atoms with E-state index in [1.165, 1.54) is 11.1 Å². The van der Waals surface area contributed by atoms with E-state index in [-0.39, 0.29) is 24.2 Å². The number of hydrogen-bond acceptors (Lipinski definition) is 3. The van der Waals surface area contributed by atoms with Gasteiger partial charge in [-0.1, -0.05) is 49.2 Å². The maximum atomic E-state index is 13.1. The summed E-state index contributed by atoms with van der Waals surface area (Å²) in [5.74, 6) is -0.0246. The predicted molar refractivity (Wildman–Crippen MR) is 129 cm³/mol. The Balaban J connectivity index is 0.00000272. The zero-order chi connectivity index (χ0) is 21.3. The van der Waals surface area contributed by atoms with Crippen LogP contribution >= 0.6 is 35.6 Å². The third-order valence-electron chi connectivity index (χ3n) is 5.26. The number of nitrogens with zero attached hydrogens (tertiary/aromatic N) is 2. The van der Waals surface area contributed by atoms with Crippen LogP contribution in [0.1, 0.15) is 52.5 Å². The van der Waals surface area contributed by atoms with E-state index in [0.717, 1.165) is 36.5 Å². The Labute approximate surface area is 198 Å². The van der Waals surface area contributed by atoms with E-state index in [2.05, 4.69) is 27.9 Å². The molecule has 3 aromatic rings. The fourth-order valence-corrected chi connectivity index (χ4v) is 4.02. The van der Waals surface area contributed by atoms with Crippen LogP contribution < -0.4 is 10.6 Å². The lowest BCUT2D eigenvalue weighted by molar-refractivity contribution is 0.102. The van der Waals surface area contributed by atoms with Gasteiger partial charge in [0.15, 0.2) is 0 Å². The molecule has 4 rings (SSSR count). The molecule has 0 unspecified atom stereocenters. The maximum absolute atomic E-state index is 13.1. The smallest absolute Gasteiger partial charge is 0.259 e. The fraction of sp³-hybridized carbons (Fsp3) is 0.304. The summed E-state index contributed by atoms with van der Waals surface area (Å²) in [6.07, 6.45) is 2.77. The molecule has 0 saturated heterocycles. The van der Waals surface area contributed by atoms with Crippen LogP contribution in [0.3, 0.4) is 0 Å². The number of amides is 1. The molecule has 1 aliphatic heterocycles. The molecular weight excluding hydrogens is 455 g/mol. The average Bonchev–Trinajstić information content (AvgIpc) is 3.15. The van der Waals surface area contributed by atoms with Crippen LogP contribution in [0.2, 0.25) is 10.0 Å². The molecule has 0 atom stereocenters. The van der Waals surface area contributed by atoms with E-state index in [4.69, 9.17) is 23.2 Å². The summed E-state index contributed by atoms with van der Waals surface area (Å²) < 4.78 is 1.78. The average molecular weight is 480 g/mol. The van der Waals surface area contributed by atoms with E-state index in [1.807, 2.05) is 32.0 Å². The van der Waals surface area contributed by atoms with E-state index in [0.29, 0.717) is 22.2 Å². The van der Waals surface area contributed by atoms with Gasteiger partial charge < -0.3 is 10.6 Å². The van der Waals surface area contributed by atoms with Crippen molar-refractivity contribution in [2.75, 3.05) is 11.9 Å². The first kappa shape index (κ1) is 23.6. The van der Waals surface area contributed by atoms with E-state index in [9.17, 15) is 4.79 Å². The quantitative estimate of drug-likeness (QED) is 0.495. The van der Waals surface area contributed by atoms with Crippen LogP contribution in [-0.4, -0.2) is 22.2 Å². The molecule has 0 radical (unpaired) electrons. The Morgan fingerprint density at radius 2 is 1.97 bits per heavy atom. The highest BCUT2D eigenvalue weighted by molar-refractivity contribution is 6.42. The highest BCUT2D eigenvalue weighted by Gasteiger charge is 2.20. The first-order chi connectivity index (χ1) is 14.4. The van der Waals surface area contributed by atoms with Gasteiger partial charge in [-0.3, -0.25) is 9.48 Å². The zero-order valence-corrected chi connectivity index (χ0v) is 19.7. The minimum atomic E-state index is -0.145. The van der Waals surface area contributed by atoms with Gasteiger partial charge >= 0.3 is 0 Å². The van der Waals surface area contributed by atoms with Gasteiger partial charge in [0.1, 0.15) is 0 Å². The highest BCUT2D eigenvalue weighted by Crippen LogP contribution is 2.25. The number of aromatic nitrogens is 2. The summed E-state index contributed by atoms with van der Waals surface area (Å²) in [5.41, 5.74) is 5.71. The fourth-order valence-electron chi connectivity index (χ4n) is 3.70. The molecule has 8 heteroatoms. The van der Waals surface area contributed by atoms with Crippen molar-refractivity contribution in [3.05, 3.63) is 80.6 Å². The van der Waals surface area contributed by atoms with Crippen LogP contribution in [0.25, 0.3) is 0 Å². The first-order valence-corrected chi connectivity index (χ1v) is 10.8. The predicted octanol–water partition coefficient (Wildman–Crippen LogP) is 5.68. The first-order valence-electron chi connectivity index (χ1n) is 10.1. The molecule has 1 aromatic heterocycles. The Morgan fingerprint density at radius 1 is 1.16 bits per heavy atom. The topological polar surface area (TPSA) is 59.0 Å². The highest BCUT2D eigenvalue weighted by atomic mass is 35.5. The molecule has 1 aliphatic rings. The lowest BCUT2D eigenvalue weighted by atomic mass is 10.0. The van der Waals surface area contributed by atoms with Gasteiger partial charge in [-0.15, -0.1) is 12.4 Å². The van der Waals surface area contributed by atoms with Gasteiger partial charge in [0.25, 0.3) is 5.91 Å². The SMILES string of the molecule is CC(C)c1nn(Cc2ccc(Cl)c(Cl)c2)cc1C(=O)Nc1ccc2c(c1)CCNC2.Cl. The monoisotopic (exact) mass is 478 g/mol. The van der Waals surface area contributed by atoms with Crippen molar-refractivity contribution in [3.63, 3.8) is 0 Å². The normalized spacial score (nSPS) is 12.9. The van der Waals surface area contributed by atoms with Crippen molar-refractivity contribution >= 4 is 47.2 Å². The number of nitrogens with one attached hydrogen (secondary N) is 2. The van der Waals surface area contributed by atoms with Crippen molar-refractivity contribution < 1.29 is 4.79 Å². The number of benzene rings is 2. The molecule has 1 amide bonds. The van der Waals surface area contributed by atoms with Crippen molar-refractivity contribution in [3.8, 4) is 0 Å². The number of fused-ring (bicyclic) bond motifs is 1. The zero-order valence-electron chi connectivity index (χ0n) is 17.4. The summed E-state index contributed by atoms with van der Waals surface area (Å²) in [5, 5.41) is 12.1. The molecule has 2 N–H and O–H groups in total. The Hall–Kier alpha value is -2.05. The number of rotatable bonds is 5. The second-order valence-electron chi connectivity index (χ2n) is 7.89. The molecule has 164 valence electrons. The summed E-state index contributed by atoms with van der Waals surface area (Å²) in [6.45, 7) is 6.42. The summed E-state index contributed by atoms with van der Waals surface area (Å²) >= 11 is 12.1. The Morgan fingerprint density at radius 3 is 2.71 bits per heavy atom. The van der Waals surface area contributed by atoms with Gasteiger partial charge in [0.2, 0.25) is 0 Å². The lowest BCUT2D eigenvalue weighted by Gasteiger charge is -2.18. The van der Waals surface area contributed by atoms with Crippen LogP contribution in [0.4, 0.5) is 5.69 Å². The Kier molecular flexibility index (Phi) is 7.65. The third kappa shape index (κ3) is 5.42. The standard InChI is InChI=1S/C23H24Cl2N4O.ClH/c1-14(2)22-19(13-29(28-22)12-15-3-6-20(24)21(25)9-15)23(30)27-18-5-4-17-11-26-8-7-16(17)10-18;/h3-6,9-10,13-14,26H,7-8,11-12H2,1-2H3,(H,27,30);1H. The van der Waals surface area contributed by atoms with Gasteiger partial charge in [0.05, 0.1) is 27.8 Å². The second kappa shape index (κ2) is 10.0. The van der Waals surface area contributed by atoms with E-state index < -0.39 is 0 Å². The van der Waals surface area contributed by atoms with Crippen molar-refractivity contribution in [2.45, 2.75) is 39.3 Å². The largest absolute Gasteiger partial charge is 0.322 e. The van der Waals surface area contributed by atoms with Crippen molar-refractivity contribution in [1.82, 2.24) is 15.1 Å². The summed E-state index contributed by atoms with van der Waals surface area (Å²) in [4.78, 5) is 13.1. The van der Waals surface area contributed by atoms with E-state index in [1.54, 1.807) is 16.9 Å². The minimum absolute atomic E-state index is 0. The number of anilines is 1. The van der Waals surface area contributed by atoms with Crippen LogP contribution in [0, 0.1) is 0 Å². The number of carbonyl (C=O) groups excluding carboxylic acids is 1. The van der Waals surface area contributed by atoms with Gasteiger partial charge in [-0.05, 0) is 59.8 Å².